The molecule has 0 aliphatic heterocycles. The van der Waals surface area contributed by atoms with E-state index in [4.69, 9.17) is 0 Å². The molecular weight excluding hydrogens is 286 g/mol. The Bertz CT molecular complexity index is 481. The predicted octanol–water partition coefficient (Wildman–Crippen LogP) is 2.16. The summed E-state index contributed by atoms with van der Waals surface area (Å²) in [7, 11) is 0. The number of carbonyl (C=O) groups is 2. The summed E-state index contributed by atoms with van der Waals surface area (Å²) in [5.74, 6) is -0.717. The van der Waals surface area contributed by atoms with E-state index >= 15 is 0 Å². The molecule has 0 aromatic heterocycles. The third kappa shape index (κ3) is 5.42. The highest BCUT2D eigenvalue weighted by molar-refractivity contribution is 8.00. The van der Waals surface area contributed by atoms with Gasteiger partial charge in [0.25, 0.3) is 0 Å². The van der Waals surface area contributed by atoms with Gasteiger partial charge >= 0.3 is 0 Å². The molecule has 2 rings (SSSR count). The van der Waals surface area contributed by atoms with Gasteiger partial charge in [0, 0.05) is 11.4 Å². The summed E-state index contributed by atoms with van der Waals surface area (Å²) in [5.41, 5.74) is 2.10. The van der Waals surface area contributed by atoms with Gasteiger partial charge in [-0.1, -0.05) is 31.4 Å². The van der Waals surface area contributed by atoms with Crippen molar-refractivity contribution in [1.29, 1.82) is 0 Å². The van der Waals surface area contributed by atoms with E-state index < -0.39 is 5.97 Å². The second-order valence-corrected chi connectivity index (χ2v) is 6.36. The van der Waals surface area contributed by atoms with Gasteiger partial charge < -0.3 is 15.2 Å². The fraction of sp³-hybridized carbons (Fsp3) is 0.500. The fourth-order valence-corrected chi connectivity index (χ4v) is 3.22. The zero-order valence-electron chi connectivity index (χ0n) is 12.0. The quantitative estimate of drug-likeness (QED) is 0.874. The number of hydrogen-bond acceptors (Lipinski definition) is 4. The van der Waals surface area contributed by atoms with Gasteiger partial charge in [-0.3, -0.25) is 4.79 Å². The van der Waals surface area contributed by atoms with Crippen LogP contribution in [0.3, 0.4) is 0 Å². The summed E-state index contributed by atoms with van der Waals surface area (Å²) >= 11 is 1.04. The zero-order chi connectivity index (χ0) is 15.1. The van der Waals surface area contributed by atoms with Gasteiger partial charge in [-0.25, -0.2) is 0 Å². The van der Waals surface area contributed by atoms with Crippen molar-refractivity contribution in [2.24, 2.45) is 0 Å². The minimum Gasteiger partial charge on any atom is -0.549 e. The fourth-order valence-electron chi connectivity index (χ4n) is 2.70. The highest BCUT2D eigenvalue weighted by atomic mass is 32.2. The molecule has 1 amide bonds. The van der Waals surface area contributed by atoms with E-state index in [-0.39, 0.29) is 17.4 Å². The highest BCUT2D eigenvalue weighted by Crippen LogP contribution is 2.32. The standard InChI is InChI=1S/C16H21NO3S/c18-15(10-21-11-16(19)20)17-14-8-6-13(7-9-14)12-4-2-1-3-5-12/h6-9,12H,1-5,10-11H2,(H,17,18)(H,19,20)/p-1. The molecule has 0 spiro atoms. The first kappa shape index (κ1) is 15.9. The van der Waals surface area contributed by atoms with E-state index in [1.165, 1.54) is 37.7 Å². The number of thioether (sulfide) groups is 1. The lowest BCUT2D eigenvalue weighted by molar-refractivity contribution is -0.301. The monoisotopic (exact) mass is 306 g/mol. The minimum absolute atomic E-state index is 0.123. The maximum absolute atomic E-state index is 11.6. The van der Waals surface area contributed by atoms with Crippen LogP contribution in [0.25, 0.3) is 0 Å². The molecule has 114 valence electrons. The third-order valence-corrected chi connectivity index (χ3v) is 4.63. The largest absolute Gasteiger partial charge is 0.549 e. The van der Waals surface area contributed by atoms with Crippen LogP contribution >= 0.6 is 11.8 Å². The smallest absolute Gasteiger partial charge is 0.234 e. The van der Waals surface area contributed by atoms with Crippen molar-refractivity contribution in [3.63, 3.8) is 0 Å². The van der Waals surface area contributed by atoms with Crippen LogP contribution in [0.15, 0.2) is 24.3 Å². The lowest BCUT2D eigenvalue weighted by atomic mass is 9.84. The molecule has 1 aliphatic rings. The molecule has 1 aromatic rings. The molecule has 1 aromatic carbocycles. The van der Waals surface area contributed by atoms with Crippen molar-refractivity contribution in [3.8, 4) is 0 Å². The molecule has 0 saturated heterocycles. The van der Waals surface area contributed by atoms with E-state index in [1.54, 1.807) is 0 Å². The van der Waals surface area contributed by atoms with Crippen LogP contribution in [0.2, 0.25) is 0 Å². The van der Waals surface area contributed by atoms with Crippen molar-refractivity contribution in [2.75, 3.05) is 16.8 Å². The molecular formula is C16H20NO3S-. The third-order valence-electron chi connectivity index (χ3n) is 3.72. The molecule has 0 radical (unpaired) electrons. The van der Waals surface area contributed by atoms with Crippen LogP contribution in [-0.2, 0) is 9.59 Å². The summed E-state index contributed by atoms with van der Waals surface area (Å²) in [5, 5.41) is 13.0. The van der Waals surface area contributed by atoms with Crippen LogP contribution in [0.1, 0.15) is 43.6 Å². The first-order chi connectivity index (χ1) is 10.1. The highest BCUT2D eigenvalue weighted by Gasteiger charge is 2.15. The number of benzene rings is 1. The molecule has 0 bridgehead atoms. The zero-order valence-corrected chi connectivity index (χ0v) is 12.8. The summed E-state index contributed by atoms with van der Waals surface area (Å²) < 4.78 is 0. The van der Waals surface area contributed by atoms with Gasteiger partial charge in [-0.05, 0) is 36.5 Å². The Labute approximate surface area is 129 Å². The Morgan fingerprint density at radius 3 is 2.38 bits per heavy atom. The molecule has 0 heterocycles. The SMILES string of the molecule is O=C([O-])CSCC(=O)Nc1ccc(C2CCCCC2)cc1. The number of hydrogen-bond donors (Lipinski definition) is 1. The molecule has 5 heteroatoms. The van der Waals surface area contributed by atoms with E-state index in [0.717, 1.165) is 17.4 Å². The van der Waals surface area contributed by atoms with Crippen LogP contribution < -0.4 is 10.4 Å². The summed E-state index contributed by atoms with van der Waals surface area (Å²) in [6.45, 7) is 0. The van der Waals surface area contributed by atoms with Crippen LogP contribution in [0.4, 0.5) is 5.69 Å². The van der Waals surface area contributed by atoms with Crippen molar-refractivity contribution in [3.05, 3.63) is 29.8 Å². The first-order valence-electron chi connectivity index (χ1n) is 7.32. The number of carbonyl (C=O) groups excluding carboxylic acids is 2. The maximum atomic E-state index is 11.6. The number of rotatable bonds is 6. The molecule has 4 nitrogen and oxygen atoms in total. The van der Waals surface area contributed by atoms with Crippen molar-refractivity contribution in [2.45, 2.75) is 38.0 Å². The molecule has 21 heavy (non-hydrogen) atoms. The van der Waals surface area contributed by atoms with Crippen molar-refractivity contribution in [1.82, 2.24) is 0 Å². The Hall–Kier alpha value is -1.49. The number of amides is 1. The molecule has 1 N–H and O–H groups in total. The summed E-state index contributed by atoms with van der Waals surface area (Å²) in [6.07, 6.45) is 6.46. The van der Waals surface area contributed by atoms with Crippen LogP contribution in [-0.4, -0.2) is 23.4 Å². The second kappa shape index (κ2) is 8.08. The topological polar surface area (TPSA) is 69.2 Å². The number of carboxylic acid groups (broad SMARTS) is 1. The van der Waals surface area contributed by atoms with E-state index in [0.29, 0.717) is 5.92 Å². The van der Waals surface area contributed by atoms with Gasteiger partial charge in [0.1, 0.15) is 0 Å². The Kier molecular flexibility index (Phi) is 6.11. The van der Waals surface area contributed by atoms with Crippen molar-refractivity contribution < 1.29 is 14.7 Å². The van der Waals surface area contributed by atoms with Crippen LogP contribution in [0.5, 0.6) is 0 Å². The Morgan fingerprint density at radius 1 is 1.10 bits per heavy atom. The van der Waals surface area contributed by atoms with Crippen LogP contribution in [0, 0.1) is 0 Å². The lowest BCUT2D eigenvalue weighted by Crippen LogP contribution is -2.25. The summed E-state index contributed by atoms with van der Waals surface area (Å²) in [4.78, 5) is 21.9. The van der Waals surface area contributed by atoms with E-state index in [2.05, 4.69) is 17.4 Å². The first-order valence-corrected chi connectivity index (χ1v) is 8.48. The molecule has 0 atom stereocenters. The number of nitrogens with one attached hydrogen (secondary N) is 1. The Morgan fingerprint density at radius 2 is 1.76 bits per heavy atom. The van der Waals surface area contributed by atoms with Gasteiger partial charge in [0.05, 0.1) is 11.7 Å². The Balaban J connectivity index is 1.81. The molecule has 1 fully saturated rings. The average molecular weight is 306 g/mol. The number of carboxylic acids is 1. The number of anilines is 1. The molecule has 0 unspecified atom stereocenters. The van der Waals surface area contributed by atoms with Crippen molar-refractivity contribution >= 4 is 29.3 Å². The average Bonchev–Trinajstić information content (AvgIpc) is 2.48. The minimum atomic E-state index is -1.15. The van der Waals surface area contributed by atoms with Gasteiger partial charge in [0.2, 0.25) is 5.91 Å². The lowest BCUT2D eigenvalue weighted by Gasteiger charge is -2.22. The predicted molar refractivity (Wildman–Crippen MR) is 83.2 cm³/mol. The molecule has 1 aliphatic carbocycles. The normalized spacial score (nSPS) is 15.6. The number of aliphatic carboxylic acids is 1. The molecule has 1 saturated carbocycles. The summed E-state index contributed by atoms with van der Waals surface area (Å²) in [6, 6.07) is 8.01. The van der Waals surface area contributed by atoms with Gasteiger partial charge in [-0.15, -0.1) is 11.8 Å². The van der Waals surface area contributed by atoms with E-state index in [9.17, 15) is 14.7 Å². The van der Waals surface area contributed by atoms with E-state index in [1.807, 2.05) is 12.1 Å². The van der Waals surface area contributed by atoms with Gasteiger partial charge in [-0.2, -0.15) is 0 Å². The van der Waals surface area contributed by atoms with Gasteiger partial charge in [0.15, 0.2) is 0 Å². The second-order valence-electron chi connectivity index (χ2n) is 5.37. The maximum Gasteiger partial charge on any atom is 0.234 e.